The summed E-state index contributed by atoms with van der Waals surface area (Å²) in [6.45, 7) is 0. The lowest BCUT2D eigenvalue weighted by atomic mass is 10.1. The van der Waals surface area contributed by atoms with Crippen molar-refractivity contribution in [2.45, 2.75) is 11.0 Å². The van der Waals surface area contributed by atoms with Crippen molar-refractivity contribution in [3.63, 3.8) is 0 Å². The highest BCUT2D eigenvalue weighted by atomic mass is 35.5. The van der Waals surface area contributed by atoms with Gasteiger partial charge in [0.05, 0.1) is 16.9 Å². The van der Waals surface area contributed by atoms with Gasteiger partial charge in [-0.15, -0.1) is 0 Å². The van der Waals surface area contributed by atoms with Crippen LogP contribution in [-0.2, 0) is 23.8 Å². The third-order valence-corrected chi connectivity index (χ3v) is 4.80. The molecule has 132 valence electrons. The second kappa shape index (κ2) is 7.60. The number of esters is 1. The molecule has 0 aliphatic heterocycles. The minimum absolute atomic E-state index is 0.113. The molecule has 8 nitrogen and oxygen atoms in total. The van der Waals surface area contributed by atoms with Gasteiger partial charge in [0.2, 0.25) is 6.10 Å². The number of carbonyl (C=O) groups is 1. The van der Waals surface area contributed by atoms with Crippen LogP contribution in [0.5, 0.6) is 0 Å². The molecule has 2 aromatic rings. The summed E-state index contributed by atoms with van der Waals surface area (Å²) in [5.41, 5.74) is -0.170. The Hall–Kier alpha value is -2.49. The van der Waals surface area contributed by atoms with Crippen molar-refractivity contribution in [3.8, 4) is 0 Å². The van der Waals surface area contributed by atoms with Crippen LogP contribution in [0, 0.1) is 10.1 Å². The van der Waals surface area contributed by atoms with E-state index in [1.165, 1.54) is 12.1 Å². The Labute approximate surface area is 148 Å². The SMILES string of the molecule is COC(=O)[C@H](OS(=O)(=O)c1ccc([N+](=O)[O-])cc1)c1ccccc1Cl. The summed E-state index contributed by atoms with van der Waals surface area (Å²) >= 11 is 5.99. The van der Waals surface area contributed by atoms with Crippen molar-refractivity contribution in [2.24, 2.45) is 0 Å². The van der Waals surface area contributed by atoms with Crippen LogP contribution in [0.1, 0.15) is 11.7 Å². The van der Waals surface area contributed by atoms with Crippen LogP contribution in [-0.4, -0.2) is 26.4 Å². The first kappa shape index (κ1) is 18.8. The van der Waals surface area contributed by atoms with E-state index in [0.717, 1.165) is 31.4 Å². The molecular formula is C15H12ClNO7S. The zero-order valence-electron chi connectivity index (χ0n) is 12.8. The number of nitrogens with zero attached hydrogens (tertiary/aromatic N) is 1. The van der Waals surface area contributed by atoms with Crippen LogP contribution in [0.4, 0.5) is 5.69 Å². The normalized spacial score (nSPS) is 12.4. The fourth-order valence-corrected chi connectivity index (χ4v) is 3.18. The number of rotatable bonds is 6. The molecule has 0 heterocycles. The van der Waals surface area contributed by atoms with E-state index in [4.69, 9.17) is 15.8 Å². The van der Waals surface area contributed by atoms with Gasteiger partial charge in [-0.2, -0.15) is 8.42 Å². The molecule has 0 saturated heterocycles. The van der Waals surface area contributed by atoms with Crippen molar-refractivity contribution in [1.29, 1.82) is 0 Å². The van der Waals surface area contributed by atoms with E-state index in [2.05, 4.69) is 4.74 Å². The lowest BCUT2D eigenvalue weighted by molar-refractivity contribution is -0.384. The van der Waals surface area contributed by atoms with Gasteiger partial charge >= 0.3 is 5.97 Å². The maximum Gasteiger partial charge on any atom is 0.341 e. The zero-order valence-corrected chi connectivity index (χ0v) is 14.4. The van der Waals surface area contributed by atoms with E-state index in [1.807, 2.05) is 0 Å². The number of carbonyl (C=O) groups excluding carboxylic acids is 1. The number of halogens is 1. The molecule has 0 aliphatic rings. The van der Waals surface area contributed by atoms with Crippen LogP contribution < -0.4 is 0 Å². The number of hydrogen-bond donors (Lipinski definition) is 0. The second-order valence-corrected chi connectivity index (χ2v) is 6.71. The third-order valence-electron chi connectivity index (χ3n) is 3.16. The van der Waals surface area contributed by atoms with Gasteiger partial charge in [0, 0.05) is 22.7 Å². The van der Waals surface area contributed by atoms with Gasteiger partial charge in [-0.25, -0.2) is 8.98 Å². The van der Waals surface area contributed by atoms with Crippen LogP contribution >= 0.6 is 11.6 Å². The molecule has 10 heteroatoms. The van der Waals surface area contributed by atoms with E-state index in [-0.39, 0.29) is 21.2 Å². The summed E-state index contributed by atoms with van der Waals surface area (Å²) < 4.78 is 34.3. The van der Waals surface area contributed by atoms with Gasteiger partial charge in [0.25, 0.3) is 15.8 Å². The summed E-state index contributed by atoms with van der Waals surface area (Å²) in [5, 5.41) is 10.8. The second-order valence-electron chi connectivity index (χ2n) is 4.73. The fraction of sp³-hybridized carbons (Fsp3) is 0.133. The maximum atomic E-state index is 12.4. The number of ether oxygens (including phenoxy) is 1. The molecule has 0 N–H and O–H groups in total. The molecule has 0 saturated carbocycles. The predicted molar refractivity (Wildman–Crippen MR) is 87.6 cm³/mol. The predicted octanol–water partition coefficient (Wildman–Crippen LogP) is 2.87. The average molecular weight is 386 g/mol. The number of non-ortho nitro benzene ring substituents is 1. The fourth-order valence-electron chi connectivity index (χ4n) is 1.93. The Balaban J connectivity index is 2.39. The van der Waals surface area contributed by atoms with Gasteiger partial charge in [0.15, 0.2) is 0 Å². The Morgan fingerprint density at radius 3 is 2.28 bits per heavy atom. The highest BCUT2D eigenvalue weighted by molar-refractivity contribution is 7.86. The van der Waals surface area contributed by atoms with E-state index in [1.54, 1.807) is 12.1 Å². The van der Waals surface area contributed by atoms with Crippen LogP contribution in [0.25, 0.3) is 0 Å². The van der Waals surface area contributed by atoms with Gasteiger partial charge in [-0.3, -0.25) is 10.1 Å². The monoisotopic (exact) mass is 385 g/mol. The lowest BCUT2D eigenvalue weighted by Gasteiger charge is -2.16. The van der Waals surface area contributed by atoms with Gasteiger partial charge in [-0.05, 0) is 18.2 Å². The quantitative estimate of drug-likeness (QED) is 0.325. The number of benzene rings is 2. The molecule has 0 spiro atoms. The van der Waals surface area contributed by atoms with E-state index >= 15 is 0 Å². The van der Waals surface area contributed by atoms with E-state index in [0.29, 0.717) is 0 Å². The van der Waals surface area contributed by atoms with Crippen LogP contribution in [0.15, 0.2) is 53.4 Å². The molecule has 0 unspecified atom stereocenters. The Kier molecular flexibility index (Phi) is 5.73. The number of nitro groups is 1. The zero-order chi connectivity index (χ0) is 18.6. The molecule has 0 radical (unpaired) electrons. The third kappa shape index (κ3) is 4.32. The summed E-state index contributed by atoms with van der Waals surface area (Å²) in [5.74, 6) is -0.960. The van der Waals surface area contributed by atoms with Gasteiger partial charge in [0.1, 0.15) is 0 Å². The van der Waals surface area contributed by atoms with Crippen molar-refractivity contribution >= 4 is 33.4 Å². The summed E-state index contributed by atoms with van der Waals surface area (Å²) in [7, 11) is -3.33. The van der Waals surface area contributed by atoms with Crippen molar-refractivity contribution in [3.05, 3.63) is 69.2 Å². The smallest absolute Gasteiger partial charge is 0.341 e. The van der Waals surface area contributed by atoms with Gasteiger partial charge in [-0.1, -0.05) is 29.8 Å². The molecule has 2 rings (SSSR count). The topological polar surface area (TPSA) is 113 Å². The van der Waals surface area contributed by atoms with Crippen molar-refractivity contribution in [1.82, 2.24) is 0 Å². The minimum atomic E-state index is -4.40. The molecule has 1 atom stereocenters. The molecule has 0 fully saturated rings. The Morgan fingerprint density at radius 2 is 1.76 bits per heavy atom. The number of nitro benzene ring substituents is 1. The molecule has 0 aromatic heterocycles. The van der Waals surface area contributed by atoms with Crippen molar-refractivity contribution < 1.29 is 27.1 Å². The Bertz CT molecular complexity index is 896. The first-order valence-corrected chi connectivity index (χ1v) is 8.55. The number of hydrogen-bond acceptors (Lipinski definition) is 7. The summed E-state index contributed by atoms with van der Waals surface area (Å²) in [6.07, 6.45) is -1.61. The summed E-state index contributed by atoms with van der Waals surface area (Å²) in [6, 6.07) is 10.1. The first-order chi connectivity index (χ1) is 11.8. The minimum Gasteiger partial charge on any atom is -0.467 e. The molecule has 0 amide bonds. The van der Waals surface area contributed by atoms with Gasteiger partial charge < -0.3 is 4.74 Å². The molecule has 0 aliphatic carbocycles. The average Bonchev–Trinajstić information content (AvgIpc) is 2.60. The highest BCUT2D eigenvalue weighted by Gasteiger charge is 2.31. The highest BCUT2D eigenvalue weighted by Crippen LogP contribution is 2.30. The van der Waals surface area contributed by atoms with E-state index in [9.17, 15) is 23.3 Å². The summed E-state index contributed by atoms with van der Waals surface area (Å²) in [4.78, 5) is 21.6. The number of methoxy groups -OCH3 is 1. The van der Waals surface area contributed by atoms with Crippen LogP contribution in [0.2, 0.25) is 5.02 Å². The Morgan fingerprint density at radius 1 is 1.16 bits per heavy atom. The molecule has 0 bridgehead atoms. The first-order valence-electron chi connectivity index (χ1n) is 6.76. The molecular weight excluding hydrogens is 374 g/mol. The van der Waals surface area contributed by atoms with Crippen LogP contribution in [0.3, 0.4) is 0 Å². The van der Waals surface area contributed by atoms with Crippen molar-refractivity contribution in [2.75, 3.05) is 7.11 Å². The largest absolute Gasteiger partial charge is 0.467 e. The van der Waals surface area contributed by atoms with E-state index < -0.39 is 27.1 Å². The molecule has 2 aromatic carbocycles. The maximum absolute atomic E-state index is 12.4. The molecule has 25 heavy (non-hydrogen) atoms. The standard InChI is InChI=1S/C15H12ClNO7S/c1-23-15(18)14(12-4-2-3-5-13(12)16)24-25(21,22)11-8-6-10(7-9-11)17(19)20/h2-9,14H,1H3/t14-/m1/s1. The lowest BCUT2D eigenvalue weighted by Crippen LogP contribution is -2.21.